The van der Waals surface area contributed by atoms with Gasteiger partial charge in [0.2, 0.25) is 0 Å². The third-order valence-corrected chi connectivity index (χ3v) is 15.0. The maximum atomic E-state index is 14.8. The molecule has 1 spiro atoms. The Balaban J connectivity index is 0.889. The molecular formula is C45H50F2N8O6S. The molecular weight excluding hydrogens is 819 g/mol. The number of carbonyl (C=O) groups is 1. The third-order valence-electron chi connectivity index (χ3n) is 13.7. The number of aliphatic hydroxyl groups is 1. The van der Waals surface area contributed by atoms with E-state index in [4.69, 9.17) is 4.74 Å². The fraction of sp³-hybridized carbons (Fsp3) is 0.444. The van der Waals surface area contributed by atoms with Gasteiger partial charge in [0.15, 0.2) is 11.6 Å². The van der Waals surface area contributed by atoms with Crippen LogP contribution in [0.2, 0.25) is 0 Å². The van der Waals surface area contributed by atoms with Gasteiger partial charge in [-0.05, 0) is 131 Å². The van der Waals surface area contributed by atoms with Crippen molar-refractivity contribution in [3.8, 4) is 11.5 Å². The number of nitroso groups, excluding NO2 is 1. The Labute approximate surface area is 358 Å². The summed E-state index contributed by atoms with van der Waals surface area (Å²) in [7, 11) is -4.49. The van der Waals surface area contributed by atoms with Crippen LogP contribution in [0.4, 0.5) is 26.0 Å². The highest BCUT2D eigenvalue weighted by Crippen LogP contribution is 2.54. The van der Waals surface area contributed by atoms with Crippen LogP contribution < -0.4 is 19.7 Å². The summed E-state index contributed by atoms with van der Waals surface area (Å²) in [5, 5.41) is 17.3. The van der Waals surface area contributed by atoms with E-state index < -0.39 is 33.2 Å². The lowest BCUT2D eigenvalue weighted by atomic mass is 9.60. The molecule has 2 aromatic carbocycles. The number of rotatable bonds is 12. The number of aromatic nitrogens is 3. The van der Waals surface area contributed by atoms with Gasteiger partial charge in [-0.25, -0.2) is 31.9 Å². The number of H-pyrrole nitrogens is 1. The first-order chi connectivity index (χ1) is 29.8. The number of anilines is 2. The number of ether oxygens (including phenoxy) is 1. The predicted molar refractivity (Wildman–Crippen MR) is 230 cm³/mol. The Morgan fingerprint density at radius 1 is 1.00 bits per heavy atom. The summed E-state index contributed by atoms with van der Waals surface area (Å²) in [6, 6.07) is 13.7. The van der Waals surface area contributed by atoms with Crippen molar-refractivity contribution in [3.05, 3.63) is 101 Å². The number of sulfonamides is 1. The van der Waals surface area contributed by atoms with Gasteiger partial charge in [0.1, 0.15) is 34.2 Å². The van der Waals surface area contributed by atoms with Gasteiger partial charge in [0, 0.05) is 61.1 Å². The standard InChI is InChI=1S/C45H50F2N8O6S/c1-44(57)12-9-28(10-13-44)25-49-36-8-7-32(21-37(36)52-58)62(59,60)53-43(56)34-27-50-40(22-39(34)61-31-20-29-11-16-48-42(29)51-26-31)54-18-14-45(15-19-54)23-30(24-45)55-17-3-6-38(55)33-4-2-5-35(46)41(33)47/h2,4-5,7-8,11,16,20-22,26-28,30,38,49,57H,3,6,9-10,12-15,17-19,23-25H2,1H3,(H,48,51)(H,53,56)/t28-,38-,44-/m0/s1. The van der Waals surface area contributed by atoms with Gasteiger partial charge >= 0.3 is 0 Å². The van der Waals surface area contributed by atoms with Gasteiger partial charge < -0.3 is 25.0 Å². The van der Waals surface area contributed by atoms with Gasteiger partial charge in [0.05, 0.1) is 22.4 Å². The highest BCUT2D eigenvalue weighted by Gasteiger charge is 2.50. The first kappa shape index (κ1) is 41.8. The van der Waals surface area contributed by atoms with Crippen molar-refractivity contribution in [2.24, 2.45) is 16.5 Å². The van der Waals surface area contributed by atoms with E-state index >= 15 is 0 Å². The topological polar surface area (TPSA) is 182 Å². The summed E-state index contributed by atoms with van der Waals surface area (Å²) in [5.41, 5.74) is 0.655. The van der Waals surface area contributed by atoms with Crippen LogP contribution in [-0.2, 0) is 10.0 Å². The molecule has 17 heteroatoms. The van der Waals surface area contributed by atoms with Gasteiger partial charge in [-0.15, -0.1) is 4.91 Å². The molecule has 0 radical (unpaired) electrons. The zero-order valence-corrected chi connectivity index (χ0v) is 35.3. The molecule has 4 aliphatic rings. The molecule has 4 N–H and O–H groups in total. The average molecular weight is 869 g/mol. The number of likely N-dealkylation sites (tertiary alicyclic amines) is 1. The van der Waals surface area contributed by atoms with Crippen molar-refractivity contribution < 1.29 is 31.8 Å². The number of nitrogens with one attached hydrogen (secondary N) is 3. The number of hydrogen-bond acceptors (Lipinski definition) is 12. The number of piperidine rings is 1. The summed E-state index contributed by atoms with van der Waals surface area (Å²) in [5.74, 6) is -1.31. The minimum atomic E-state index is -4.49. The Morgan fingerprint density at radius 2 is 1.79 bits per heavy atom. The number of fused-ring (bicyclic) bond motifs is 1. The van der Waals surface area contributed by atoms with Crippen molar-refractivity contribution in [2.45, 2.75) is 93.7 Å². The Bertz CT molecular complexity index is 2600. The van der Waals surface area contributed by atoms with E-state index in [1.807, 2.05) is 13.0 Å². The van der Waals surface area contributed by atoms with E-state index in [1.54, 1.807) is 30.5 Å². The van der Waals surface area contributed by atoms with E-state index in [0.717, 1.165) is 75.4 Å². The molecule has 1 amide bonds. The predicted octanol–water partition coefficient (Wildman–Crippen LogP) is 8.48. The molecule has 1 atom stereocenters. The van der Waals surface area contributed by atoms with Gasteiger partial charge in [0.25, 0.3) is 15.9 Å². The zero-order valence-electron chi connectivity index (χ0n) is 34.4. The lowest BCUT2D eigenvalue weighted by Crippen LogP contribution is -2.55. The highest BCUT2D eigenvalue weighted by atomic mass is 32.2. The summed E-state index contributed by atoms with van der Waals surface area (Å²) in [4.78, 5) is 42.0. The van der Waals surface area contributed by atoms with E-state index in [2.05, 4.69) is 40.0 Å². The van der Waals surface area contributed by atoms with Crippen molar-refractivity contribution in [3.63, 3.8) is 0 Å². The summed E-state index contributed by atoms with van der Waals surface area (Å²) in [6.07, 6.45) is 13.0. The fourth-order valence-corrected chi connectivity index (χ4v) is 11.0. The Hall–Kier alpha value is -5.52. The van der Waals surface area contributed by atoms with E-state index in [0.29, 0.717) is 67.0 Å². The maximum absolute atomic E-state index is 14.8. The van der Waals surface area contributed by atoms with Gasteiger partial charge in [-0.2, -0.15) is 0 Å². The summed E-state index contributed by atoms with van der Waals surface area (Å²) < 4.78 is 64.6. The lowest BCUT2D eigenvalue weighted by Gasteiger charge is -2.55. The number of aromatic amines is 1. The maximum Gasteiger partial charge on any atom is 0.270 e. The minimum absolute atomic E-state index is 0.0760. The third kappa shape index (κ3) is 8.49. The molecule has 14 nitrogen and oxygen atoms in total. The minimum Gasteiger partial charge on any atom is -0.455 e. The lowest BCUT2D eigenvalue weighted by molar-refractivity contribution is -0.0232. The number of benzene rings is 2. The van der Waals surface area contributed by atoms with Crippen LogP contribution in [0.5, 0.6) is 11.5 Å². The Kier molecular flexibility index (Phi) is 11.2. The normalized spacial score (nSPS) is 23.0. The quantitative estimate of drug-likeness (QED) is 0.0883. The summed E-state index contributed by atoms with van der Waals surface area (Å²) in [6.45, 7) is 4.60. The van der Waals surface area contributed by atoms with Crippen molar-refractivity contribution in [1.82, 2.24) is 24.6 Å². The summed E-state index contributed by atoms with van der Waals surface area (Å²) >= 11 is 0. The first-order valence-corrected chi connectivity index (χ1v) is 22.8. The number of carbonyl (C=O) groups excluding carboxylic acids is 1. The molecule has 2 aliphatic carbocycles. The van der Waals surface area contributed by atoms with Gasteiger partial charge in [-0.1, -0.05) is 12.1 Å². The van der Waals surface area contributed by atoms with Crippen LogP contribution in [0, 0.1) is 27.9 Å². The molecule has 2 aliphatic heterocycles. The number of pyridine rings is 2. The van der Waals surface area contributed by atoms with E-state index in [9.17, 15) is 32.0 Å². The second-order valence-corrected chi connectivity index (χ2v) is 19.5. The molecule has 9 rings (SSSR count). The fourth-order valence-electron chi connectivity index (χ4n) is 9.99. The smallest absolute Gasteiger partial charge is 0.270 e. The molecule has 3 aromatic heterocycles. The highest BCUT2D eigenvalue weighted by molar-refractivity contribution is 7.90. The number of hydrogen-bond donors (Lipinski definition) is 4. The van der Waals surface area contributed by atoms with Crippen LogP contribution in [0.15, 0.2) is 83.3 Å². The molecule has 2 saturated carbocycles. The Morgan fingerprint density at radius 3 is 2.56 bits per heavy atom. The zero-order chi connectivity index (χ0) is 43.2. The van der Waals surface area contributed by atoms with Crippen molar-refractivity contribution in [2.75, 3.05) is 36.4 Å². The molecule has 0 bridgehead atoms. The SMILES string of the molecule is C[C@]1(O)CC[C@H](CNc2ccc(S(=O)(=O)NC(=O)c3cnc(N4CCC5(CC4)CC(N4CCC[C@H]4c4cccc(F)c4F)C5)cc3Oc3cnc4[nH]ccc4c3)cc2N=O)CC1. The monoisotopic (exact) mass is 868 g/mol. The molecule has 5 heterocycles. The second-order valence-electron chi connectivity index (χ2n) is 17.8. The van der Waals surface area contributed by atoms with Crippen molar-refractivity contribution >= 4 is 44.2 Å². The second kappa shape index (κ2) is 16.6. The van der Waals surface area contributed by atoms with E-state index in [-0.39, 0.29) is 39.3 Å². The number of nitrogens with zero attached hydrogens (tertiary/aromatic N) is 5. The van der Waals surface area contributed by atoms with Crippen LogP contribution in [0.3, 0.4) is 0 Å². The van der Waals surface area contributed by atoms with Gasteiger partial charge in [-0.3, -0.25) is 9.69 Å². The molecule has 5 aromatic rings. The molecule has 326 valence electrons. The van der Waals surface area contributed by atoms with Crippen LogP contribution in [-0.4, -0.2) is 77.1 Å². The molecule has 62 heavy (non-hydrogen) atoms. The molecule has 0 unspecified atom stereocenters. The van der Waals surface area contributed by atoms with Crippen LogP contribution >= 0.6 is 0 Å². The number of halogens is 2. The van der Waals surface area contributed by atoms with Crippen molar-refractivity contribution in [1.29, 1.82) is 0 Å². The average Bonchev–Trinajstić information content (AvgIpc) is 3.93. The van der Waals surface area contributed by atoms with E-state index in [1.165, 1.54) is 24.5 Å². The number of amides is 1. The van der Waals surface area contributed by atoms with Crippen LogP contribution in [0.25, 0.3) is 11.0 Å². The van der Waals surface area contributed by atoms with Crippen LogP contribution in [0.1, 0.15) is 93.1 Å². The first-order valence-electron chi connectivity index (χ1n) is 21.4. The largest absolute Gasteiger partial charge is 0.455 e. The molecule has 4 fully saturated rings. The molecule has 2 saturated heterocycles.